The Morgan fingerprint density at radius 2 is 1.59 bits per heavy atom. The molecule has 0 atom stereocenters. The van der Waals surface area contributed by atoms with Gasteiger partial charge in [0.05, 0.1) is 20.6 Å². The van der Waals surface area contributed by atoms with Gasteiger partial charge < -0.3 is 29.9 Å². The summed E-state index contributed by atoms with van der Waals surface area (Å²) in [7, 11) is 7.34. The molecule has 9 heteroatoms. The van der Waals surface area contributed by atoms with E-state index in [1.165, 1.54) is 11.3 Å². The summed E-state index contributed by atoms with van der Waals surface area (Å²) in [6, 6.07) is 12.4. The number of rotatable bonds is 11. The summed E-state index contributed by atoms with van der Waals surface area (Å²) in [6.07, 6.45) is 2.19. The van der Waals surface area contributed by atoms with Crippen molar-refractivity contribution in [2.45, 2.75) is 19.3 Å². The Morgan fingerprint density at radius 1 is 0.941 bits per heavy atom. The fraction of sp³-hybridized carbons (Fsp3) is 0.480. The largest absolute Gasteiger partial charge is 0.493 e. The van der Waals surface area contributed by atoms with Crippen LogP contribution in [-0.2, 0) is 17.6 Å². The minimum atomic E-state index is 0. The van der Waals surface area contributed by atoms with Crippen LogP contribution < -0.4 is 25.0 Å². The van der Waals surface area contributed by atoms with Gasteiger partial charge >= 0.3 is 0 Å². The highest BCUT2D eigenvalue weighted by atomic mass is 35.5. The molecule has 2 N–H and O–H groups in total. The molecule has 1 aliphatic heterocycles. The number of hydrogen-bond donors (Lipinski definition) is 2. The number of fused-ring (bicyclic) bond motifs is 1. The predicted octanol–water partition coefficient (Wildman–Crippen LogP) is 3.63. The second-order valence-corrected chi connectivity index (χ2v) is 8.26. The van der Waals surface area contributed by atoms with Crippen LogP contribution in [0, 0.1) is 0 Å². The molecule has 1 heterocycles. The fourth-order valence-electron chi connectivity index (χ4n) is 3.94. The van der Waals surface area contributed by atoms with Crippen LogP contribution in [0.3, 0.4) is 0 Å². The van der Waals surface area contributed by atoms with E-state index in [9.17, 15) is 4.79 Å². The van der Waals surface area contributed by atoms with E-state index in [1.54, 1.807) is 14.2 Å². The van der Waals surface area contributed by atoms with Gasteiger partial charge in [-0.25, -0.2) is 0 Å². The number of halogens is 2. The molecule has 2 aromatic carbocycles. The molecule has 0 aliphatic carbocycles. The Kier molecular flexibility index (Phi) is 12.9. The Labute approximate surface area is 216 Å². The van der Waals surface area contributed by atoms with E-state index in [4.69, 9.17) is 9.47 Å². The molecule has 3 rings (SSSR count). The molecule has 0 saturated carbocycles. The number of carbonyl (C=O) groups excluding carboxylic acids is 1. The van der Waals surface area contributed by atoms with Crippen LogP contribution in [0.4, 0.5) is 11.4 Å². The number of methoxy groups -OCH3 is 2. The third-order valence-corrected chi connectivity index (χ3v) is 5.85. The van der Waals surface area contributed by atoms with Gasteiger partial charge in [0.2, 0.25) is 5.91 Å². The van der Waals surface area contributed by atoms with Crippen molar-refractivity contribution in [3.63, 3.8) is 0 Å². The molecule has 2 aromatic rings. The maximum absolute atomic E-state index is 12.7. The number of benzene rings is 2. The van der Waals surface area contributed by atoms with Crippen molar-refractivity contribution < 1.29 is 14.3 Å². The van der Waals surface area contributed by atoms with Crippen LogP contribution in [-0.4, -0.2) is 71.8 Å². The van der Waals surface area contributed by atoms with Crippen molar-refractivity contribution >= 4 is 42.1 Å². The lowest BCUT2D eigenvalue weighted by molar-refractivity contribution is -0.130. The van der Waals surface area contributed by atoms with Crippen LogP contribution >= 0.6 is 24.8 Å². The first-order valence-corrected chi connectivity index (χ1v) is 11.3. The van der Waals surface area contributed by atoms with Crippen molar-refractivity contribution in [3.8, 4) is 11.5 Å². The van der Waals surface area contributed by atoms with Gasteiger partial charge in [0, 0.05) is 51.6 Å². The van der Waals surface area contributed by atoms with Gasteiger partial charge in [-0.15, -0.1) is 24.8 Å². The van der Waals surface area contributed by atoms with E-state index >= 15 is 0 Å². The minimum Gasteiger partial charge on any atom is -0.493 e. The van der Waals surface area contributed by atoms with Gasteiger partial charge in [-0.2, -0.15) is 0 Å². The zero-order valence-electron chi connectivity index (χ0n) is 20.6. The number of anilines is 2. The monoisotopic (exact) mass is 512 g/mol. The number of ether oxygens (including phenoxy) is 2. The number of carbonyl (C=O) groups is 1. The van der Waals surface area contributed by atoms with Gasteiger partial charge in [0.25, 0.3) is 0 Å². The highest BCUT2D eigenvalue weighted by Gasteiger charge is 2.22. The van der Waals surface area contributed by atoms with Crippen molar-refractivity contribution in [2.24, 2.45) is 0 Å². The maximum atomic E-state index is 12.7. The number of hydrogen-bond acceptors (Lipinski definition) is 6. The van der Waals surface area contributed by atoms with Crippen molar-refractivity contribution in [3.05, 3.63) is 47.5 Å². The van der Waals surface area contributed by atoms with E-state index < -0.39 is 0 Å². The molecule has 1 amide bonds. The van der Waals surface area contributed by atoms with Crippen LogP contribution in [0.2, 0.25) is 0 Å². The Hall–Kier alpha value is -2.35. The zero-order valence-corrected chi connectivity index (χ0v) is 22.2. The second kappa shape index (κ2) is 14.8. The first-order chi connectivity index (χ1) is 15.5. The van der Waals surface area contributed by atoms with E-state index in [2.05, 4.69) is 39.8 Å². The average molecular weight is 514 g/mol. The predicted molar refractivity (Wildman–Crippen MR) is 145 cm³/mol. The molecule has 0 bridgehead atoms. The van der Waals surface area contributed by atoms with Gasteiger partial charge in [-0.05, 0) is 66.9 Å². The average Bonchev–Trinajstić information content (AvgIpc) is 2.95. The first-order valence-electron chi connectivity index (χ1n) is 11.3. The maximum Gasteiger partial charge on any atom is 0.227 e. The summed E-state index contributed by atoms with van der Waals surface area (Å²) in [5.74, 6) is 1.58. The normalized spacial score (nSPS) is 12.6. The lowest BCUT2D eigenvalue weighted by Gasteiger charge is -2.20. The number of nitrogens with one attached hydrogen (secondary N) is 2. The van der Waals surface area contributed by atoms with Gasteiger partial charge in [-0.3, -0.25) is 4.79 Å². The van der Waals surface area contributed by atoms with E-state index in [0.29, 0.717) is 12.2 Å². The van der Waals surface area contributed by atoms with E-state index in [-0.39, 0.29) is 30.7 Å². The van der Waals surface area contributed by atoms with Gasteiger partial charge in [-0.1, -0.05) is 0 Å². The lowest BCUT2D eigenvalue weighted by Crippen LogP contribution is -2.35. The van der Waals surface area contributed by atoms with E-state index in [1.807, 2.05) is 31.1 Å². The van der Waals surface area contributed by atoms with Gasteiger partial charge in [0.15, 0.2) is 11.5 Å². The van der Waals surface area contributed by atoms with Crippen molar-refractivity contribution in [1.29, 1.82) is 0 Å². The molecule has 34 heavy (non-hydrogen) atoms. The topological polar surface area (TPSA) is 66.1 Å². The van der Waals surface area contributed by atoms with Crippen LogP contribution in [0.25, 0.3) is 0 Å². The fourth-order valence-corrected chi connectivity index (χ4v) is 3.94. The van der Waals surface area contributed by atoms with Crippen molar-refractivity contribution in [1.82, 2.24) is 10.2 Å². The molecule has 190 valence electrons. The Morgan fingerprint density at radius 3 is 2.21 bits per heavy atom. The standard InChI is InChI=1S/C25H36N4O3.2ClH/c1-28(2)22-8-6-21(7-9-22)27-13-12-26-11-5-14-29-15-10-19-16-23(31-3)24(32-4)17-20(19)18-25(29)30;;/h6-9,16-17,26-27H,5,10-15,18H2,1-4H3;2*1H. The third-order valence-electron chi connectivity index (χ3n) is 5.85. The molecule has 0 radical (unpaired) electrons. The third kappa shape index (κ3) is 8.15. The Bertz CT molecular complexity index is 894. The molecule has 1 aliphatic rings. The molecule has 0 unspecified atom stereocenters. The molecule has 0 saturated heterocycles. The molecular weight excluding hydrogens is 475 g/mol. The summed E-state index contributed by atoms with van der Waals surface area (Å²) in [6.45, 7) is 4.15. The molecular formula is C25H38Cl2N4O3. The molecule has 0 fully saturated rings. The zero-order chi connectivity index (χ0) is 22.9. The van der Waals surface area contributed by atoms with Crippen LogP contribution in [0.1, 0.15) is 17.5 Å². The summed E-state index contributed by atoms with van der Waals surface area (Å²) in [4.78, 5) is 16.8. The SMILES string of the molecule is COc1cc2c(cc1OC)CC(=O)N(CCCNCCNc1ccc(N(C)C)cc1)CC2.Cl.Cl. The highest BCUT2D eigenvalue weighted by molar-refractivity contribution is 5.85. The summed E-state index contributed by atoms with van der Waals surface area (Å²) >= 11 is 0. The summed E-state index contributed by atoms with van der Waals surface area (Å²) in [5.41, 5.74) is 4.53. The quantitative estimate of drug-likeness (QED) is 0.448. The molecule has 0 aromatic heterocycles. The minimum absolute atomic E-state index is 0. The van der Waals surface area contributed by atoms with Gasteiger partial charge in [0.1, 0.15) is 0 Å². The first kappa shape index (κ1) is 29.7. The number of nitrogens with zero attached hydrogens (tertiary/aromatic N) is 2. The summed E-state index contributed by atoms with van der Waals surface area (Å²) < 4.78 is 10.8. The van der Waals surface area contributed by atoms with Crippen molar-refractivity contribution in [2.75, 3.05) is 71.3 Å². The Balaban J connectivity index is 0.00000289. The molecule has 7 nitrogen and oxygen atoms in total. The number of amides is 1. The summed E-state index contributed by atoms with van der Waals surface area (Å²) in [5, 5.41) is 6.89. The van der Waals surface area contributed by atoms with E-state index in [0.717, 1.165) is 62.6 Å². The lowest BCUT2D eigenvalue weighted by atomic mass is 10.0. The van der Waals surface area contributed by atoms with Crippen LogP contribution in [0.15, 0.2) is 36.4 Å². The molecule has 0 spiro atoms. The highest BCUT2D eigenvalue weighted by Crippen LogP contribution is 2.32. The smallest absolute Gasteiger partial charge is 0.227 e. The van der Waals surface area contributed by atoms with Crippen LogP contribution in [0.5, 0.6) is 11.5 Å². The second-order valence-electron chi connectivity index (χ2n) is 8.26.